The van der Waals surface area contributed by atoms with Crippen LogP contribution in [0.2, 0.25) is 0 Å². The van der Waals surface area contributed by atoms with E-state index >= 15 is 0 Å². The summed E-state index contributed by atoms with van der Waals surface area (Å²) in [5.41, 5.74) is 0.715. The molecule has 0 saturated carbocycles. The van der Waals surface area contributed by atoms with Crippen LogP contribution in [0.4, 0.5) is 0 Å². The van der Waals surface area contributed by atoms with Crippen molar-refractivity contribution in [1.82, 2.24) is 9.97 Å². The molecule has 5 nitrogen and oxygen atoms in total. The number of ether oxygens (including phenoxy) is 1. The summed E-state index contributed by atoms with van der Waals surface area (Å²) in [6.07, 6.45) is 3.49. The predicted octanol–water partition coefficient (Wildman–Crippen LogP) is 1.70. The molecule has 1 N–H and O–H groups in total. The molecule has 0 aliphatic heterocycles. The van der Waals surface area contributed by atoms with Crippen LogP contribution in [0.1, 0.15) is 42.2 Å². The standard InChI is InChI=1S/C11H16N2O3/c1-3-8(6-16-4-2)10-9(11(14)15)5-12-7-13-10/h5,7-8H,3-4,6H2,1-2H3,(H,14,15). The van der Waals surface area contributed by atoms with E-state index in [9.17, 15) is 4.79 Å². The number of rotatable bonds is 6. The van der Waals surface area contributed by atoms with E-state index < -0.39 is 5.97 Å². The average molecular weight is 224 g/mol. The van der Waals surface area contributed by atoms with E-state index in [1.165, 1.54) is 12.5 Å². The van der Waals surface area contributed by atoms with Crippen molar-refractivity contribution in [2.75, 3.05) is 13.2 Å². The van der Waals surface area contributed by atoms with Gasteiger partial charge in [-0.05, 0) is 13.3 Å². The van der Waals surface area contributed by atoms with Gasteiger partial charge in [0.05, 0.1) is 17.9 Å². The summed E-state index contributed by atoms with van der Waals surface area (Å²) in [5, 5.41) is 9.01. The maximum Gasteiger partial charge on any atom is 0.339 e. The number of hydrogen-bond acceptors (Lipinski definition) is 4. The van der Waals surface area contributed by atoms with Gasteiger partial charge in [-0.15, -0.1) is 0 Å². The second-order valence-electron chi connectivity index (χ2n) is 3.39. The lowest BCUT2D eigenvalue weighted by molar-refractivity contribution is 0.0691. The number of aromatic nitrogens is 2. The van der Waals surface area contributed by atoms with E-state index in [-0.39, 0.29) is 11.5 Å². The minimum atomic E-state index is -0.995. The quantitative estimate of drug-likeness (QED) is 0.796. The molecule has 0 spiro atoms. The fourth-order valence-electron chi connectivity index (χ4n) is 1.48. The number of carboxylic acids is 1. The van der Waals surface area contributed by atoms with Crippen molar-refractivity contribution in [1.29, 1.82) is 0 Å². The number of nitrogens with zero attached hydrogens (tertiary/aromatic N) is 2. The first-order valence-electron chi connectivity index (χ1n) is 5.31. The summed E-state index contributed by atoms with van der Waals surface area (Å²) in [6, 6.07) is 0. The highest BCUT2D eigenvalue weighted by Crippen LogP contribution is 2.20. The Bertz CT molecular complexity index is 355. The molecule has 1 atom stereocenters. The lowest BCUT2D eigenvalue weighted by Crippen LogP contribution is -2.14. The normalized spacial score (nSPS) is 12.4. The Kier molecular flexibility index (Phi) is 4.85. The van der Waals surface area contributed by atoms with Crippen molar-refractivity contribution in [3.05, 3.63) is 23.8 Å². The van der Waals surface area contributed by atoms with Crippen molar-refractivity contribution in [3.63, 3.8) is 0 Å². The first-order valence-corrected chi connectivity index (χ1v) is 5.31. The van der Waals surface area contributed by atoms with Crippen molar-refractivity contribution in [3.8, 4) is 0 Å². The zero-order chi connectivity index (χ0) is 12.0. The number of aromatic carboxylic acids is 1. The second kappa shape index (κ2) is 6.17. The lowest BCUT2D eigenvalue weighted by Gasteiger charge is -2.15. The molecule has 0 aromatic carbocycles. The lowest BCUT2D eigenvalue weighted by atomic mass is 9.99. The van der Waals surface area contributed by atoms with Crippen LogP contribution in [0, 0.1) is 0 Å². The Morgan fingerprint density at radius 2 is 2.31 bits per heavy atom. The number of carboxylic acid groups (broad SMARTS) is 1. The van der Waals surface area contributed by atoms with Gasteiger partial charge in [-0.2, -0.15) is 0 Å². The summed E-state index contributed by atoms with van der Waals surface area (Å²) in [4.78, 5) is 18.8. The van der Waals surface area contributed by atoms with Gasteiger partial charge < -0.3 is 9.84 Å². The molecule has 1 aromatic heterocycles. The van der Waals surface area contributed by atoms with E-state index in [2.05, 4.69) is 9.97 Å². The molecule has 0 aliphatic carbocycles. The van der Waals surface area contributed by atoms with Crippen LogP contribution in [0.15, 0.2) is 12.5 Å². The van der Waals surface area contributed by atoms with E-state index in [0.717, 1.165) is 6.42 Å². The molecule has 1 rings (SSSR count). The molecular formula is C11H16N2O3. The summed E-state index contributed by atoms with van der Waals surface area (Å²) in [5.74, 6) is -0.986. The first kappa shape index (κ1) is 12.6. The average Bonchev–Trinajstić information content (AvgIpc) is 2.30. The fraction of sp³-hybridized carbons (Fsp3) is 0.545. The summed E-state index contributed by atoms with van der Waals surface area (Å²) < 4.78 is 5.32. The largest absolute Gasteiger partial charge is 0.478 e. The molecule has 0 radical (unpaired) electrons. The smallest absolute Gasteiger partial charge is 0.339 e. The van der Waals surface area contributed by atoms with Crippen molar-refractivity contribution >= 4 is 5.97 Å². The third-order valence-corrected chi connectivity index (χ3v) is 2.38. The second-order valence-corrected chi connectivity index (χ2v) is 3.39. The summed E-state index contributed by atoms with van der Waals surface area (Å²) in [6.45, 7) is 5.00. The number of hydrogen-bond donors (Lipinski definition) is 1. The van der Waals surface area contributed by atoms with Gasteiger partial charge in [0.25, 0.3) is 0 Å². The molecule has 5 heteroatoms. The van der Waals surface area contributed by atoms with Crippen molar-refractivity contribution in [2.45, 2.75) is 26.2 Å². The molecule has 1 unspecified atom stereocenters. The van der Waals surface area contributed by atoms with Gasteiger partial charge in [-0.3, -0.25) is 0 Å². The van der Waals surface area contributed by atoms with Gasteiger partial charge in [0, 0.05) is 18.7 Å². The van der Waals surface area contributed by atoms with Crippen molar-refractivity contribution < 1.29 is 14.6 Å². The molecule has 0 aliphatic rings. The molecule has 88 valence electrons. The SMILES string of the molecule is CCOCC(CC)c1ncncc1C(=O)O. The van der Waals surface area contributed by atoms with Crippen LogP contribution in [0.25, 0.3) is 0 Å². The monoisotopic (exact) mass is 224 g/mol. The first-order chi connectivity index (χ1) is 7.70. The zero-order valence-corrected chi connectivity index (χ0v) is 9.51. The molecule has 1 aromatic rings. The van der Waals surface area contributed by atoms with Gasteiger partial charge in [-0.1, -0.05) is 6.92 Å². The Morgan fingerprint density at radius 3 is 2.88 bits per heavy atom. The topological polar surface area (TPSA) is 72.3 Å². The van der Waals surface area contributed by atoms with Crippen LogP contribution < -0.4 is 0 Å². The Balaban J connectivity index is 2.94. The Hall–Kier alpha value is -1.49. The molecule has 0 amide bonds. The van der Waals surface area contributed by atoms with Crippen LogP contribution in [-0.2, 0) is 4.74 Å². The molecular weight excluding hydrogens is 208 g/mol. The van der Waals surface area contributed by atoms with Crippen LogP contribution in [0.5, 0.6) is 0 Å². The fourth-order valence-corrected chi connectivity index (χ4v) is 1.48. The molecule has 16 heavy (non-hydrogen) atoms. The van der Waals surface area contributed by atoms with Crippen LogP contribution in [-0.4, -0.2) is 34.3 Å². The maximum absolute atomic E-state index is 11.0. The van der Waals surface area contributed by atoms with E-state index in [1.54, 1.807) is 0 Å². The predicted molar refractivity (Wildman–Crippen MR) is 58.5 cm³/mol. The van der Waals surface area contributed by atoms with Crippen LogP contribution in [0.3, 0.4) is 0 Å². The van der Waals surface area contributed by atoms with Crippen molar-refractivity contribution in [2.24, 2.45) is 0 Å². The Morgan fingerprint density at radius 1 is 1.56 bits per heavy atom. The van der Waals surface area contributed by atoms with Gasteiger partial charge in [-0.25, -0.2) is 14.8 Å². The highest BCUT2D eigenvalue weighted by molar-refractivity contribution is 5.88. The highest BCUT2D eigenvalue weighted by Gasteiger charge is 2.19. The highest BCUT2D eigenvalue weighted by atomic mass is 16.5. The molecule has 0 fully saturated rings. The van der Waals surface area contributed by atoms with E-state index in [0.29, 0.717) is 18.9 Å². The zero-order valence-electron chi connectivity index (χ0n) is 9.51. The maximum atomic E-state index is 11.0. The minimum absolute atomic E-state index is 0.00838. The van der Waals surface area contributed by atoms with Gasteiger partial charge >= 0.3 is 5.97 Å². The third kappa shape index (κ3) is 3.00. The summed E-state index contributed by atoms with van der Waals surface area (Å²) >= 11 is 0. The minimum Gasteiger partial charge on any atom is -0.478 e. The van der Waals surface area contributed by atoms with Crippen LogP contribution >= 0.6 is 0 Å². The van der Waals surface area contributed by atoms with Gasteiger partial charge in [0.1, 0.15) is 6.33 Å². The summed E-state index contributed by atoms with van der Waals surface area (Å²) in [7, 11) is 0. The van der Waals surface area contributed by atoms with Gasteiger partial charge in [0.15, 0.2) is 0 Å². The van der Waals surface area contributed by atoms with Gasteiger partial charge in [0.2, 0.25) is 0 Å². The number of carbonyl (C=O) groups is 1. The third-order valence-electron chi connectivity index (χ3n) is 2.38. The van der Waals surface area contributed by atoms with E-state index in [1.807, 2.05) is 13.8 Å². The molecule has 0 saturated heterocycles. The molecule has 1 heterocycles. The van der Waals surface area contributed by atoms with E-state index in [4.69, 9.17) is 9.84 Å². The molecule has 0 bridgehead atoms. The Labute approximate surface area is 94.5 Å².